The third kappa shape index (κ3) is 6.49. The highest BCUT2D eigenvalue weighted by Crippen LogP contribution is 2.20. The lowest BCUT2D eigenvalue weighted by molar-refractivity contribution is -0.168. The van der Waals surface area contributed by atoms with Crippen LogP contribution in [0.3, 0.4) is 0 Å². The molecule has 4 nitrogen and oxygen atoms in total. The highest BCUT2D eigenvalue weighted by molar-refractivity contribution is 9.10. The summed E-state index contributed by atoms with van der Waals surface area (Å²) in [6, 6.07) is 0. The van der Waals surface area contributed by atoms with E-state index in [1.165, 1.54) is 0 Å². The summed E-state index contributed by atoms with van der Waals surface area (Å²) in [4.78, 5) is 15.5. The van der Waals surface area contributed by atoms with Crippen molar-refractivity contribution in [1.29, 1.82) is 0 Å². The van der Waals surface area contributed by atoms with Gasteiger partial charge in [0.1, 0.15) is 4.83 Å². The quantitative estimate of drug-likeness (QED) is 0.418. The maximum atomic E-state index is 12.1. The van der Waals surface area contributed by atoms with Crippen LogP contribution in [0.4, 0.5) is 13.2 Å². The van der Waals surface area contributed by atoms with Crippen molar-refractivity contribution in [2.24, 2.45) is 4.99 Å². The van der Waals surface area contributed by atoms with E-state index >= 15 is 0 Å². The number of morpholine rings is 1. The van der Waals surface area contributed by atoms with E-state index in [2.05, 4.69) is 25.8 Å². The van der Waals surface area contributed by atoms with Crippen LogP contribution in [-0.2, 0) is 9.53 Å². The molecule has 1 atom stereocenters. The number of rotatable bonds is 6. The molecule has 0 amide bonds. The largest absolute Gasteiger partial charge is 0.451 e. The fraction of sp³-hybridized carbons (Fsp3) is 0.818. The lowest BCUT2D eigenvalue weighted by atomic mass is 10.3. The second kappa shape index (κ2) is 7.96. The zero-order valence-electron chi connectivity index (χ0n) is 10.3. The first-order valence-electron chi connectivity index (χ1n) is 5.96. The molecule has 1 unspecified atom stereocenters. The molecule has 110 valence electrons. The zero-order chi connectivity index (χ0) is 14.3. The maximum absolute atomic E-state index is 12.1. The molecule has 0 N–H and O–H groups in total. The van der Waals surface area contributed by atoms with Crippen molar-refractivity contribution in [2.75, 3.05) is 39.4 Å². The molecule has 1 aliphatic heterocycles. The van der Waals surface area contributed by atoms with Gasteiger partial charge in [0.05, 0.1) is 13.2 Å². The van der Waals surface area contributed by atoms with Crippen LogP contribution in [-0.4, -0.2) is 67.3 Å². The lowest BCUT2D eigenvalue weighted by Crippen LogP contribution is -2.37. The average Bonchev–Trinajstić information content (AvgIpc) is 2.37. The van der Waals surface area contributed by atoms with Crippen LogP contribution < -0.4 is 0 Å². The minimum Gasteiger partial charge on any atom is -0.379 e. The van der Waals surface area contributed by atoms with Crippen molar-refractivity contribution >= 4 is 27.9 Å². The number of halogens is 4. The van der Waals surface area contributed by atoms with Crippen LogP contribution >= 0.6 is 15.9 Å². The number of nitrogens with zero attached hydrogens (tertiary/aromatic N) is 2. The molecule has 1 aliphatic rings. The fourth-order valence-electron chi connectivity index (χ4n) is 1.60. The monoisotopic (exact) mass is 344 g/mol. The van der Waals surface area contributed by atoms with E-state index in [-0.39, 0.29) is 0 Å². The molecule has 0 spiro atoms. The molecule has 1 fully saturated rings. The van der Waals surface area contributed by atoms with Crippen molar-refractivity contribution in [3.8, 4) is 0 Å². The molecule has 1 heterocycles. The number of ketones is 1. The molecule has 1 rings (SSSR count). The van der Waals surface area contributed by atoms with Gasteiger partial charge in [0.15, 0.2) is 0 Å². The second-order valence-corrected chi connectivity index (χ2v) is 5.11. The molecule has 0 radical (unpaired) electrons. The summed E-state index contributed by atoms with van der Waals surface area (Å²) < 4.78 is 41.4. The summed E-state index contributed by atoms with van der Waals surface area (Å²) in [6.45, 7) is 4.42. The van der Waals surface area contributed by atoms with E-state index in [1.807, 2.05) is 0 Å². The number of Topliss-reactive ketones (excluding diaryl/α,β-unsaturated/α-hetero) is 1. The molecule has 0 aromatic carbocycles. The van der Waals surface area contributed by atoms with Crippen LogP contribution in [0.15, 0.2) is 4.99 Å². The maximum Gasteiger partial charge on any atom is 0.451 e. The van der Waals surface area contributed by atoms with Gasteiger partial charge in [0.25, 0.3) is 5.78 Å². The number of alkyl halides is 4. The molecule has 0 saturated carbocycles. The molecule has 0 aromatic heterocycles. The Morgan fingerprint density at radius 2 is 2.05 bits per heavy atom. The number of carbonyl (C=O) groups is 1. The molecule has 19 heavy (non-hydrogen) atoms. The van der Waals surface area contributed by atoms with Gasteiger partial charge in [-0.1, -0.05) is 15.9 Å². The second-order valence-electron chi connectivity index (χ2n) is 4.13. The number of ether oxygens (including phenoxy) is 1. The third-order valence-corrected chi connectivity index (χ3v) is 3.28. The van der Waals surface area contributed by atoms with Crippen LogP contribution in [0.2, 0.25) is 0 Å². The van der Waals surface area contributed by atoms with Gasteiger partial charge < -0.3 is 4.74 Å². The minimum atomic E-state index is -4.83. The smallest absolute Gasteiger partial charge is 0.379 e. The molecule has 0 aromatic rings. The van der Waals surface area contributed by atoms with Gasteiger partial charge in [-0.2, -0.15) is 13.2 Å². The first kappa shape index (κ1) is 16.6. The van der Waals surface area contributed by atoms with Gasteiger partial charge in [0, 0.05) is 32.4 Å². The summed E-state index contributed by atoms with van der Waals surface area (Å²) in [6.07, 6.45) is -3.07. The number of carbonyl (C=O) groups excluding carboxylic acids is 1. The zero-order valence-corrected chi connectivity index (χ0v) is 11.9. The molecule has 0 bridgehead atoms. The van der Waals surface area contributed by atoms with Crippen molar-refractivity contribution in [3.05, 3.63) is 0 Å². The normalized spacial score (nSPS) is 19.8. The van der Waals surface area contributed by atoms with Crippen molar-refractivity contribution < 1.29 is 22.7 Å². The third-order valence-electron chi connectivity index (χ3n) is 2.63. The summed E-state index contributed by atoms with van der Waals surface area (Å²) in [7, 11) is 0. The Morgan fingerprint density at radius 3 is 2.63 bits per heavy atom. The first-order chi connectivity index (χ1) is 8.91. The van der Waals surface area contributed by atoms with Crippen molar-refractivity contribution in [2.45, 2.75) is 17.4 Å². The number of hydrogen-bond donors (Lipinski definition) is 0. The standard InChI is InChI=1S/C11H16BrF3N2O2/c12-9(10(18)11(13,14)15)8-16-2-1-3-17-4-6-19-7-5-17/h8-9H,1-7H2. The van der Waals surface area contributed by atoms with E-state index in [4.69, 9.17) is 4.74 Å². The SMILES string of the molecule is O=C(C(Br)C=NCCCN1CCOCC1)C(F)(F)F. The van der Waals surface area contributed by atoms with Crippen LogP contribution in [0, 0.1) is 0 Å². The van der Waals surface area contributed by atoms with Gasteiger partial charge >= 0.3 is 6.18 Å². The topological polar surface area (TPSA) is 41.9 Å². The Morgan fingerprint density at radius 1 is 1.42 bits per heavy atom. The Kier molecular flexibility index (Phi) is 6.95. The van der Waals surface area contributed by atoms with Crippen molar-refractivity contribution in [3.63, 3.8) is 0 Å². The van der Waals surface area contributed by atoms with Gasteiger partial charge in [-0.05, 0) is 6.42 Å². The van der Waals surface area contributed by atoms with E-state index in [1.54, 1.807) is 0 Å². The van der Waals surface area contributed by atoms with Crippen molar-refractivity contribution in [1.82, 2.24) is 4.90 Å². The first-order valence-corrected chi connectivity index (χ1v) is 6.88. The van der Waals surface area contributed by atoms with Crippen LogP contribution in [0.25, 0.3) is 0 Å². The molecule has 8 heteroatoms. The molecule has 1 saturated heterocycles. The van der Waals surface area contributed by atoms with E-state index in [0.29, 0.717) is 19.8 Å². The van der Waals surface area contributed by atoms with Gasteiger partial charge in [-0.25, -0.2) is 0 Å². The summed E-state index contributed by atoms with van der Waals surface area (Å²) in [5.41, 5.74) is 0. The van der Waals surface area contributed by atoms with E-state index in [0.717, 1.165) is 32.3 Å². The predicted molar refractivity (Wildman–Crippen MR) is 69.0 cm³/mol. The van der Waals surface area contributed by atoms with Gasteiger partial charge in [-0.15, -0.1) is 0 Å². The number of hydrogen-bond acceptors (Lipinski definition) is 4. The highest BCUT2D eigenvalue weighted by Gasteiger charge is 2.41. The summed E-state index contributed by atoms with van der Waals surface area (Å²) >= 11 is 2.66. The van der Waals surface area contributed by atoms with Crippen LogP contribution in [0.5, 0.6) is 0 Å². The molecular formula is C11H16BrF3N2O2. The van der Waals surface area contributed by atoms with E-state index < -0.39 is 16.8 Å². The Hall–Kier alpha value is -0.470. The Bertz CT molecular complexity index is 318. The highest BCUT2D eigenvalue weighted by atomic mass is 79.9. The predicted octanol–water partition coefficient (Wildman–Crippen LogP) is 1.67. The van der Waals surface area contributed by atoms with Gasteiger partial charge in [0.2, 0.25) is 0 Å². The number of aliphatic imine (C=N–C) groups is 1. The molecular weight excluding hydrogens is 329 g/mol. The lowest BCUT2D eigenvalue weighted by Gasteiger charge is -2.26. The summed E-state index contributed by atoms with van der Waals surface area (Å²) in [5.74, 6) is -1.83. The minimum absolute atomic E-state index is 0.407. The molecule has 0 aliphatic carbocycles. The Labute approximate surface area is 118 Å². The fourth-order valence-corrected chi connectivity index (χ4v) is 2.03. The Balaban J connectivity index is 2.17. The van der Waals surface area contributed by atoms with E-state index in [9.17, 15) is 18.0 Å². The van der Waals surface area contributed by atoms with Crippen LogP contribution in [0.1, 0.15) is 6.42 Å². The summed E-state index contributed by atoms with van der Waals surface area (Å²) in [5, 5.41) is 0. The van der Waals surface area contributed by atoms with Gasteiger partial charge in [-0.3, -0.25) is 14.7 Å². The average molecular weight is 345 g/mol.